The molecule has 2 fully saturated rings. The average molecular weight is 443 g/mol. The number of anilines is 1. The molecule has 0 radical (unpaired) electrons. The number of carbonyl (C=O) groups is 1. The Labute approximate surface area is 194 Å². The van der Waals surface area contributed by atoms with Crippen LogP contribution >= 0.6 is 0 Å². The number of aryl methyl sites for hydroxylation is 1. The fraction of sp³-hybridized carbons (Fsp3) is 0.680. The summed E-state index contributed by atoms with van der Waals surface area (Å²) in [5, 5.41) is 6.29. The number of guanidine groups is 1. The number of piperazine rings is 1. The van der Waals surface area contributed by atoms with E-state index in [0.717, 1.165) is 71.0 Å². The van der Waals surface area contributed by atoms with E-state index in [2.05, 4.69) is 61.5 Å². The summed E-state index contributed by atoms with van der Waals surface area (Å²) in [4.78, 5) is 23.5. The topological polar surface area (TPSA) is 63.2 Å². The summed E-state index contributed by atoms with van der Waals surface area (Å²) in [6, 6.07) is 8.84. The number of rotatable bonds is 8. The molecule has 2 aliphatic heterocycles. The van der Waals surface area contributed by atoms with E-state index in [0.29, 0.717) is 12.3 Å². The number of benzene rings is 1. The molecular weight excluding hydrogens is 400 g/mol. The third kappa shape index (κ3) is 7.40. The molecule has 1 amide bonds. The molecule has 2 N–H and O–H groups in total. The number of carbonyl (C=O) groups excluding carboxylic acids is 1. The first-order chi connectivity index (χ1) is 15.6. The fourth-order valence-corrected chi connectivity index (χ4v) is 4.76. The molecule has 2 saturated heterocycles. The lowest BCUT2D eigenvalue weighted by Crippen LogP contribution is -2.47. The molecule has 1 aromatic rings. The van der Waals surface area contributed by atoms with E-state index in [1.165, 1.54) is 24.2 Å². The maximum absolute atomic E-state index is 11.6. The molecule has 3 rings (SSSR count). The molecule has 0 spiro atoms. The van der Waals surface area contributed by atoms with Gasteiger partial charge in [0.25, 0.3) is 0 Å². The third-order valence-electron chi connectivity index (χ3n) is 6.80. The van der Waals surface area contributed by atoms with Crippen molar-refractivity contribution in [3.63, 3.8) is 0 Å². The Balaban J connectivity index is 1.27. The van der Waals surface area contributed by atoms with Crippen LogP contribution in [0.4, 0.5) is 5.69 Å². The van der Waals surface area contributed by atoms with Crippen LogP contribution in [0.2, 0.25) is 0 Å². The Bertz CT molecular complexity index is 736. The standard InChI is InChI=1S/C25H42N6O/c1-21-7-6-8-23(19-21)30-17-15-29(16-18-30)12-5-4-11-28-25(27-3)31-13-9-22(10-14-31)20-24(32)26-2/h6-8,19,22H,4-5,9-18,20H2,1-3H3,(H,26,32)(H,27,28). The number of amides is 1. The second-order valence-electron chi connectivity index (χ2n) is 9.16. The Morgan fingerprint density at radius 2 is 1.84 bits per heavy atom. The predicted octanol–water partition coefficient (Wildman–Crippen LogP) is 2.32. The zero-order valence-electron chi connectivity index (χ0n) is 20.3. The highest BCUT2D eigenvalue weighted by Crippen LogP contribution is 2.20. The van der Waals surface area contributed by atoms with Crippen LogP contribution in [-0.4, -0.2) is 88.1 Å². The van der Waals surface area contributed by atoms with Crippen molar-refractivity contribution in [3.05, 3.63) is 29.8 Å². The van der Waals surface area contributed by atoms with Gasteiger partial charge < -0.3 is 20.4 Å². The van der Waals surface area contributed by atoms with Gasteiger partial charge in [0.1, 0.15) is 0 Å². The Hall–Kier alpha value is -2.28. The molecule has 0 atom stereocenters. The predicted molar refractivity (Wildman–Crippen MR) is 133 cm³/mol. The highest BCUT2D eigenvalue weighted by molar-refractivity contribution is 5.80. The highest BCUT2D eigenvalue weighted by atomic mass is 16.1. The first-order valence-corrected chi connectivity index (χ1v) is 12.3. The van der Waals surface area contributed by atoms with Gasteiger partial charge in [-0.15, -0.1) is 0 Å². The van der Waals surface area contributed by atoms with Crippen LogP contribution in [0, 0.1) is 12.8 Å². The molecule has 1 aromatic carbocycles. The number of likely N-dealkylation sites (tertiary alicyclic amines) is 1. The smallest absolute Gasteiger partial charge is 0.220 e. The monoisotopic (exact) mass is 442 g/mol. The summed E-state index contributed by atoms with van der Waals surface area (Å²) >= 11 is 0. The van der Waals surface area contributed by atoms with Crippen molar-refractivity contribution in [1.29, 1.82) is 0 Å². The van der Waals surface area contributed by atoms with E-state index in [9.17, 15) is 4.79 Å². The molecule has 0 unspecified atom stereocenters. The van der Waals surface area contributed by atoms with Crippen LogP contribution in [0.15, 0.2) is 29.3 Å². The summed E-state index contributed by atoms with van der Waals surface area (Å²) in [7, 11) is 3.58. The molecule has 2 aliphatic rings. The van der Waals surface area contributed by atoms with Gasteiger partial charge in [0.2, 0.25) is 5.91 Å². The van der Waals surface area contributed by atoms with Crippen LogP contribution in [0.1, 0.15) is 37.7 Å². The van der Waals surface area contributed by atoms with Crippen LogP contribution in [0.3, 0.4) is 0 Å². The van der Waals surface area contributed by atoms with E-state index in [1.807, 2.05) is 7.05 Å². The third-order valence-corrected chi connectivity index (χ3v) is 6.80. The summed E-state index contributed by atoms with van der Waals surface area (Å²) in [5.41, 5.74) is 2.69. The summed E-state index contributed by atoms with van der Waals surface area (Å²) in [6.45, 7) is 10.8. The number of unbranched alkanes of at least 4 members (excludes halogenated alkanes) is 1. The lowest BCUT2D eigenvalue weighted by atomic mass is 9.93. The maximum Gasteiger partial charge on any atom is 0.220 e. The first-order valence-electron chi connectivity index (χ1n) is 12.3. The van der Waals surface area contributed by atoms with Crippen molar-refractivity contribution < 1.29 is 4.79 Å². The van der Waals surface area contributed by atoms with E-state index < -0.39 is 0 Å². The molecule has 0 saturated carbocycles. The van der Waals surface area contributed by atoms with E-state index in [-0.39, 0.29) is 5.91 Å². The highest BCUT2D eigenvalue weighted by Gasteiger charge is 2.23. The molecule has 0 bridgehead atoms. The number of hydrogen-bond donors (Lipinski definition) is 2. The first kappa shape index (κ1) is 24.4. The van der Waals surface area contributed by atoms with Crippen LogP contribution in [0.25, 0.3) is 0 Å². The Morgan fingerprint density at radius 3 is 2.50 bits per heavy atom. The lowest BCUT2D eigenvalue weighted by Gasteiger charge is -2.36. The van der Waals surface area contributed by atoms with E-state index in [4.69, 9.17) is 0 Å². The largest absolute Gasteiger partial charge is 0.369 e. The van der Waals surface area contributed by atoms with Crippen molar-refractivity contribution in [1.82, 2.24) is 20.4 Å². The van der Waals surface area contributed by atoms with Gasteiger partial charge in [-0.2, -0.15) is 0 Å². The number of nitrogens with zero attached hydrogens (tertiary/aromatic N) is 4. The summed E-state index contributed by atoms with van der Waals surface area (Å²) in [5.74, 6) is 1.66. The maximum atomic E-state index is 11.6. The molecule has 178 valence electrons. The number of nitrogens with one attached hydrogen (secondary N) is 2. The number of aliphatic imine (C=N–C) groups is 1. The zero-order chi connectivity index (χ0) is 22.8. The van der Waals surface area contributed by atoms with Gasteiger partial charge in [-0.3, -0.25) is 14.7 Å². The van der Waals surface area contributed by atoms with Gasteiger partial charge in [0.15, 0.2) is 5.96 Å². The molecule has 7 heteroatoms. The minimum Gasteiger partial charge on any atom is -0.369 e. The number of hydrogen-bond acceptors (Lipinski definition) is 4. The molecule has 32 heavy (non-hydrogen) atoms. The van der Waals surface area contributed by atoms with Crippen molar-refractivity contribution in [2.75, 3.05) is 71.4 Å². The van der Waals surface area contributed by atoms with Crippen LogP contribution in [-0.2, 0) is 4.79 Å². The Morgan fingerprint density at radius 1 is 1.09 bits per heavy atom. The minimum absolute atomic E-state index is 0.155. The van der Waals surface area contributed by atoms with Crippen LogP contribution < -0.4 is 15.5 Å². The van der Waals surface area contributed by atoms with Crippen molar-refractivity contribution >= 4 is 17.6 Å². The van der Waals surface area contributed by atoms with Crippen molar-refractivity contribution in [3.8, 4) is 0 Å². The van der Waals surface area contributed by atoms with Crippen LogP contribution in [0.5, 0.6) is 0 Å². The second kappa shape index (κ2) is 12.7. The molecule has 2 heterocycles. The van der Waals surface area contributed by atoms with Crippen molar-refractivity contribution in [2.24, 2.45) is 10.9 Å². The van der Waals surface area contributed by atoms with Crippen molar-refractivity contribution in [2.45, 2.75) is 39.0 Å². The van der Waals surface area contributed by atoms with Gasteiger partial charge in [0, 0.05) is 72.0 Å². The van der Waals surface area contributed by atoms with E-state index >= 15 is 0 Å². The molecule has 7 nitrogen and oxygen atoms in total. The fourth-order valence-electron chi connectivity index (χ4n) is 4.76. The zero-order valence-corrected chi connectivity index (χ0v) is 20.3. The van der Waals surface area contributed by atoms with Gasteiger partial charge in [0.05, 0.1) is 0 Å². The lowest BCUT2D eigenvalue weighted by molar-refractivity contribution is -0.121. The molecule has 0 aliphatic carbocycles. The summed E-state index contributed by atoms with van der Waals surface area (Å²) < 4.78 is 0. The normalized spacial score (nSPS) is 18.7. The Kier molecular flexibility index (Phi) is 9.65. The summed E-state index contributed by atoms with van der Waals surface area (Å²) in [6.07, 6.45) is 5.13. The molecular formula is C25H42N6O. The second-order valence-corrected chi connectivity index (χ2v) is 9.16. The van der Waals surface area contributed by atoms with Gasteiger partial charge in [-0.25, -0.2) is 0 Å². The SMILES string of the molecule is CN=C(NCCCCN1CCN(c2cccc(C)c2)CC1)N1CCC(CC(=O)NC)CC1. The van der Waals surface area contributed by atoms with E-state index in [1.54, 1.807) is 7.05 Å². The van der Waals surface area contributed by atoms with Gasteiger partial charge in [-0.1, -0.05) is 12.1 Å². The van der Waals surface area contributed by atoms with Gasteiger partial charge >= 0.3 is 0 Å². The quantitative estimate of drug-likeness (QED) is 0.368. The number of piperidine rings is 1. The molecule has 0 aromatic heterocycles. The minimum atomic E-state index is 0.155. The average Bonchev–Trinajstić information content (AvgIpc) is 2.82. The van der Waals surface area contributed by atoms with Gasteiger partial charge in [-0.05, 0) is 62.8 Å².